The Morgan fingerprint density at radius 3 is 2.45 bits per heavy atom. The molecule has 0 spiro atoms. The van der Waals surface area contributed by atoms with Crippen molar-refractivity contribution in [3.63, 3.8) is 0 Å². The third kappa shape index (κ3) is 4.31. The lowest BCUT2D eigenvalue weighted by Crippen LogP contribution is -2.17. The average Bonchev–Trinajstić information content (AvgIpc) is 2.48. The number of nitrogens with one attached hydrogen (secondary N) is 1. The first-order valence-electron chi connectivity index (χ1n) is 6.51. The lowest BCUT2D eigenvalue weighted by molar-refractivity contribution is -0.116. The summed E-state index contributed by atoms with van der Waals surface area (Å²) < 4.78 is 1.03. The van der Waals surface area contributed by atoms with Crippen molar-refractivity contribution in [1.82, 2.24) is 0 Å². The zero-order valence-corrected chi connectivity index (χ0v) is 13.2. The van der Waals surface area contributed by atoms with Crippen LogP contribution in [0.5, 0.6) is 0 Å². The Bertz CT molecular complexity index is 572. The molecule has 0 aliphatic heterocycles. The molecule has 2 aromatic rings. The van der Waals surface area contributed by atoms with Gasteiger partial charge in [-0.15, -0.1) is 0 Å². The fraction of sp³-hybridized carbons (Fsp3) is 0.188. The molecule has 20 heavy (non-hydrogen) atoms. The van der Waals surface area contributed by atoms with Gasteiger partial charge in [0.05, 0.1) is 5.69 Å². The first kappa shape index (κ1) is 15.0. The second kappa shape index (κ2) is 7.40. The van der Waals surface area contributed by atoms with Crippen molar-refractivity contribution < 1.29 is 4.79 Å². The molecule has 0 fully saturated rings. The number of carbonyl (C=O) groups excluding carboxylic acids is 1. The lowest BCUT2D eigenvalue weighted by atomic mass is 10.0. The molecule has 4 heteroatoms. The molecule has 2 rings (SSSR count). The van der Waals surface area contributed by atoms with Crippen LogP contribution in [0, 0.1) is 3.57 Å². The SMILES string of the molecule is NC(CCC(=O)Nc1ccccc1I)c1ccccc1. The summed E-state index contributed by atoms with van der Waals surface area (Å²) >= 11 is 2.21. The molecule has 0 radical (unpaired) electrons. The molecular formula is C16H17IN2O. The third-order valence-corrected chi connectivity index (χ3v) is 4.00. The van der Waals surface area contributed by atoms with E-state index in [1.54, 1.807) is 0 Å². The van der Waals surface area contributed by atoms with Crippen LogP contribution in [-0.4, -0.2) is 5.91 Å². The van der Waals surface area contributed by atoms with Gasteiger partial charge in [-0.1, -0.05) is 42.5 Å². The quantitative estimate of drug-likeness (QED) is 0.778. The number of carbonyl (C=O) groups is 1. The number of benzene rings is 2. The average molecular weight is 380 g/mol. The van der Waals surface area contributed by atoms with Crippen molar-refractivity contribution in [3.05, 3.63) is 63.7 Å². The minimum Gasteiger partial charge on any atom is -0.325 e. The monoisotopic (exact) mass is 380 g/mol. The second-order valence-corrected chi connectivity index (χ2v) is 5.75. The molecule has 1 unspecified atom stereocenters. The van der Waals surface area contributed by atoms with Crippen molar-refractivity contribution in [2.75, 3.05) is 5.32 Å². The number of anilines is 1. The van der Waals surface area contributed by atoms with Crippen molar-refractivity contribution in [1.29, 1.82) is 0 Å². The molecule has 3 N–H and O–H groups in total. The lowest BCUT2D eigenvalue weighted by Gasteiger charge is -2.12. The molecule has 3 nitrogen and oxygen atoms in total. The summed E-state index contributed by atoms with van der Waals surface area (Å²) in [7, 11) is 0. The third-order valence-electron chi connectivity index (χ3n) is 3.06. The first-order valence-corrected chi connectivity index (χ1v) is 7.59. The van der Waals surface area contributed by atoms with E-state index in [1.165, 1.54) is 0 Å². The van der Waals surface area contributed by atoms with E-state index in [0.29, 0.717) is 12.8 Å². The van der Waals surface area contributed by atoms with Crippen LogP contribution in [0.25, 0.3) is 0 Å². The number of hydrogen-bond donors (Lipinski definition) is 2. The van der Waals surface area contributed by atoms with E-state index in [1.807, 2.05) is 54.6 Å². The Hall–Kier alpha value is -1.40. The molecular weight excluding hydrogens is 363 g/mol. The summed E-state index contributed by atoms with van der Waals surface area (Å²) in [6, 6.07) is 17.5. The van der Waals surface area contributed by atoms with Gasteiger partial charge in [0.25, 0.3) is 0 Å². The molecule has 0 aliphatic rings. The van der Waals surface area contributed by atoms with E-state index in [2.05, 4.69) is 27.9 Å². The number of nitrogens with two attached hydrogens (primary N) is 1. The summed E-state index contributed by atoms with van der Waals surface area (Å²) in [5, 5.41) is 2.92. The zero-order valence-electron chi connectivity index (χ0n) is 11.1. The predicted octanol–water partition coefficient (Wildman–Crippen LogP) is 3.71. The topological polar surface area (TPSA) is 55.1 Å². The smallest absolute Gasteiger partial charge is 0.224 e. The Morgan fingerprint density at radius 2 is 1.75 bits per heavy atom. The van der Waals surface area contributed by atoms with Crippen LogP contribution in [-0.2, 0) is 4.79 Å². The second-order valence-electron chi connectivity index (χ2n) is 4.58. The van der Waals surface area contributed by atoms with Crippen LogP contribution in [0.3, 0.4) is 0 Å². The Labute approximate surface area is 132 Å². The number of hydrogen-bond acceptors (Lipinski definition) is 2. The van der Waals surface area contributed by atoms with E-state index in [9.17, 15) is 4.79 Å². The van der Waals surface area contributed by atoms with Crippen LogP contribution in [0.1, 0.15) is 24.4 Å². The summed E-state index contributed by atoms with van der Waals surface area (Å²) in [5.41, 5.74) is 8.00. The predicted molar refractivity (Wildman–Crippen MR) is 90.4 cm³/mol. The Kier molecular flexibility index (Phi) is 5.55. The maximum absolute atomic E-state index is 11.9. The molecule has 0 saturated carbocycles. The highest BCUT2D eigenvalue weighted by Gasteiger charge is 2.10. The Balaban J connectivity index is 1.85. The van der Waals surface area contributed by atoms with Crippen LogP contribution >= 0.6 is 22.6 Å². The maximum atomic E-state index is 11.9. The number of rotatable bonds is 5. The molecule has 2 aromatic carbocycles. The van der Waals surface area contributed by atoms with Gasteiger partial charge in [0.15, 0.2) is 0 Å². The van der Waals surface area contributed by atoms with Crippen LogP contribution in [0.2, 0.25) is 0 Å². The fourth-order valence-corrected chi connectivity index (χ4v) is 2.45. The highest BCUT2D eigenvalue weighted by molar-refractivity contribution is 14.1. The molecule has 0 aromatic heterocycles. The highest BCUT2D eigenvalue weighted by Crippen LogP contribution is 2.19. The summed E-state index contributed by atoms with van der Waals surface area (Å²) in [4.78, 5) is 11.9. The van der Waals surface area contributed by atoms with Crippen LogP contribution in [0.4, 0.5) is 5.69 Å². The first-order chi connectivity index (χ1) is 9.66. The van der Waals surface area contributed by atoms with Gasteiger partial charge in [0.2, 0.25) is 5.91 Å². The van der Waals surface area contributed by atoms with Crippen molar-refractivity contribution in [2.24, 2.45) is 5.73 Å². The van der Waals surface area contributed by atoms with Gasteiger partial charge in [-0.2, -0.15) is 0 Å². The van der Waals surface area contributed by atoms with E-state index in [0.717, 1.165) is 14.8 Å². The minimum atomic E-state index is -0.100. The van der Waals surface area contributed by atoms with E-state index in [-0.39, 0.29) is 11.9 Å². The van der Waals surface area contributed by atoms with Gasteiger partial charge in [0.1, 0.15) is 0 Å². The minimum absolute atomic E-state index is 0.000460. The zero-order chi connectivity index (χ0) is 14.4. The van der Waals surface area contributed by atoms with Gasteiger partial charge in [-0.05, 0) is 46.7 Å². The maximum Gasteiger partial charge on any atom is 0.224 e. The van der Waals surface area contributed by atoms with Gasteiger partial charge >= 0.3 is 0 Å². The summed E-state index contributed by atoms with van der Waals surface area (Å²) in [6.07, 6.45) is 1.06. The molecule has 0 aliphatic carbocycles. The normalized spacial score (nSPS) is 11.9. The fourth-order valence-electron chi connectivity index (χ4n) is 1.93. The van der Waals surface area contributed by atoms with Crippen LogP contribution < -0.4 is 11.1 Å². The van der Waals surface area contributed by atoms with E-state index in [4.69, 9.17) is 5.73 Å². The molecule has 104 valence electrons. The van der Waals surface area contributed by atoms with Gasteiger partial charge in [-0.25, -0.2) is 0 Å². The van der Waals surface area contributed by atoms with Crippen molar-refractivity contribution >= 4 is 34.2 Å². The number of amides is 1. The van der Waals surface area contributed by atoms with E-state index < -0.39 is 0 Å². The standard InChI is InChI=1S/C16H17IN2O/c17-13-8-4-5-9-15(13)19-16(20)11-10-14(18)12-6-2-1-3-7-12/h1-9,14H,10-11,18H2,(H,19,20). The molecule has 0 saturated heterocycles. The van der Waals surface area contributed by atoms with Gasteiger partial charge in [0, 0.05) is 16.0 Å². The highest BCUT2D eigenvalue weighted by atomic mass is 127. The molecule has 0 heterocycles. The molecule has 1 atom stereocenters. The van der Waals surface area contributed by atoms with E-state index >= 15 is 0 Å². The summed E-state index contributed by atoms with van der Waals surface area (Å²) in [5.74, 6) is 0.000460. The number of halogens is 1. The largest absolute Gasteiger partial charge is 0.325 e. The summed E-state index contributed by atoms with van der Waals surface area (Å²) in [6.45, 7) is 0. The van der Waals surface area contributed by atoms with Crippen LogP contribution in [0.15, 0.2) is 54.6 Å². The molecule has 0 bridgehead atoms. The van der Waals surface area contributed by atoms with Gasteiger partial charge < -0.3 is 11.1 Å². The number of para-hydroxylation sites is 1. The van der Waals surface area contributed by atoms with Crippen molar-refractivity contribution in [2.45, 2.75) is 18.9 Å². The van der Waals surface area contributed by atoms with Crippen molar-refractivity contribution in [3.8, 4) is 0 Å². The Morgan fingerprint density at radius 1 is 1.10 bits per heavy atom. The van der Waals surface area contributed by atoms with Gasteiger partial charge in [-0.3, -0.25) is 4.79 Å². The molecule has 1 amide bonds.